The number of piperazine rings is 1. The van der Waals surface area contributed by atoms with E-state index in [0.29, 0.717) is 37.3 Å². The summed E-state index contributed by atoms with van der Waals surface area (Å²) >= 11 is 0. The van der Waals surface area contributed by atoms with Gasteiger partial charge >= 0.3 is 0 Å². The van der Waals surface area contributed by atoms with E-state index >= 15 is 0 Å². The SMILES string of the molecule is CCc1cccc(C)c1NC(=O)c1cccc(C(=O)N2CCN(C=O)CC2)c1. The number of benzene rings is 2. The van der Waals surface area contributed by atoms with Crippen LogP contribution in [0, 0.1) is 6.92 Å². The van der Waals surface area contributed by atoms with E-state index in [2.05, 4.69) is 5.32 Å². The average Bonchev–Trinajstić information content (AvgIpc) is 2.74. The van der Waals surface area contributed by atoms with Gasteiger partial charge in [-0.1, -0.05) is 31.2 Å². The van der Waals surface area contributed by atoms with Gasteiger partial charge in [0.05, 0.1) is 0 Å². The molecule has 1 heterocycles. The van der Waals surface area contributed by atoms with Gasteiger partial charge in [-0.2, -0.15) is 0 Å². The largest absolute Gasteiger partial charge is 0.342 e. The second kappa shape index (κ2) is 8.69. The molecule has 1 N–H and O–H groups in total. The molecular weight excluding hydrogens is 354 g/mol. The average molecular weight is 379 g/mol. The summed E-state index contributed by atoms with van der Waals surface area (Å²) in [6, 6.07) is 12.7. The minimum absolute atomic E-state index is 0.120. The molecule has 0 aromatic heterocycles. The molecule has 1 aliphatic rings. The van der Waals surface area contributed by atoms with Crippen LogP contribution in [0.25, 0.3) is 0 Å². The molecule has 2 aromatic carbocycles. The van der Waals surface area contributed by atoms with Crippen molar-refractivity contribution in [2.24, 2.45) is 0 Å². The third kappa shape index (κ3) is 4.22. The third-order valence-corrected chi connectivity index (χ3v) is 5.10. The van der Waals surface area contributed by atoms with E-state index in [9.17, 15) is 14.4 Å². The van der Waals surface area contributed by atoms with Crippen molar-refractivity contribution in [3.8, 4) is 0 Å². The van der Waals surface area contributed by atoms with Gasteiger partial charge in [-0.05, 0) is 42.7 Å². The third-order valence-electron chi connectivity index (χ3n) is 5.10. The summed E-state index contributed by atoms with van der Waals surface area (Å²) in [5, 5.41) is 3.00. The van der Waals surface area contributed by atoms with Crippen LogP contribution in [-0.2, 0) is 11.2 Å². The molecule has 0 atom stereocenters. The molecule has 2 aromatic rings. The van der Waals surface area contributed by atoms with Gasteiger partial charge in [-0.15, -0.1) is 0 Å². The second-order valence-corrected chi connectivity index (χ2v) is 6.93. The molecule has 28 heavy (non-hydrogen) atoms. The molecule has 0 aliphatic carbocycles. The first kappa shape index (κ1) is 19.6. The number of amides is 3. The maximum absolute atomic E-state index is 12.8. The van der Waals surface area contributed by atoms with Crippen LogP contribution in [-0.4, -0.2) is 54.2 Å². The molecule has 1 aliphatic heterocycles. The number of carbonyl (C=O) groups is 3. The Kier molecular flexibility index (Phi) is 6.09. The topological polar surface area (TPSA) is 69.7 Å². The molecule has 0 unspecified atom stereocenters. The van der Waals surface area contributed by atoms with E-state index in [0.717, 1.165) is 29.6 Å². The highest BCUT2D eigenvalue weighted by Gasteiger charge is 2.22. The Morgan fingerprint density at radius 1 is 1.04 bits per heavy atom. The number of hydrogen-bond acceptors (Lipinski definition) is 3. The molecule has 0 radical (unpaired) electrons. The molecule has 0 spiro atoms. The lowest BCUT2D eigenvalue weighted by Gasteiger charge is -2.32. The Morgan fingerprint density at radius 2 is 1.71 bits per heavy atom. The van der Waals surface area contributed by atoms with Gasteiger partial charge < -0.3 is 15.1 Å². The highest BCUT2D eigenvalue weighted by Crippen LogP contribution is 2.22. The zero-order valence-corrected chi connectivity index (χ0v) is 16.3. The van der Waals surface area contributed by atoms with Gasteiger partial charge in [-0.3, -0.25) is 14.4 Å². The predicted octanol–water partition coefficient (Wildman–Crippen LogP) is 2.72. The van der Waals surface area contributed by atoms with Crippen molar-refractivity contribution in [1.29, 1.82) is 0 Å². The summed E-state index contributed by atoms with van der Waals surface area (Å²) in [6.45, 7) is 6.07. The summed E-state index contributed by atoms with van der Waals surface area (Å²) in [5.41, 5.74) is 3.84. The van der Waals surface area contributed by atoms with Gasteiger partial charge in [0.1, 0.15) is 0 Å². The Balaban J connectivity index is 1.75. The van der Waals surface area contributed by atoms with Crippen molar-refractivity contribution in [2.75, 3.05) is 31.5 Å². The van der Waals surface area contributed by atoms with Gasteiger partial charge in [0, 0.05) is 43.0 Å². The maximum atomic E-state index is 12.8. The standard InChI is InChI=1S/C22H25N3O3/c1-3-17-7-4-6-16(2)20(17)23-21(27)18-8-5-9-19(14-18)22(28)25-12-10-24(15-26)11-13-25/h4-9,14-15H,3,10-13H2,1-2H3,(H,23,27). The molecule has 146 valence electrons. The van der Waals surface area contributed by atoms with Crippen molar-refractivity contribution in [3.63, 3.8) is 0 Å². The fourth-order valence-corrected chi connectivity index (χ4v) is 3.39. The lowest BCUT2D eigenvalue weighted by atomic mass is 10.0. The zero-order valence-electron chi connectivity index (χ0n) is 16.3. The Hall–Kier alpha value is -3.15. The van der Waals surface area contributed by atoms with E-state index in [4.69, 9.17) is 0 Å². The van der Waals surface area contributed by atoms with E-state index < -0.39 is 0 Å². The van der Waals surface area contributed by atoms with Crippen LogP contribution in [0.2, 0.25) is 0 Å². The van der Waals surface area contributed by atoms with E-state index in [1.807, 2.05) is 32.0 Å². The number of nitrogens with zero attached hydrogens (tertiary/aromatic N) is 2. The van der Waals surface area contributed by atoms with E-state index in [-0.39, 0.29) is 11.8 Å². The van der Waals surface area contributed by atoms with Crippen molar-refractivity contribution >= 4 is 23.9 Å². The molecule has 6 nitrogen and oxygen atoms in total. The first-order valence-corrected chi connectivity index (χ1v) is 9.52. The number of para-hydroxylation sites is 1. The van der Waals surface area contributed by atoms with E-state index in [1.54, 1.807) is 34.1 Å². The zero-order chi connectivity index (χ0) is 20.1. The van der Waals surface area contributed by atoms with Crippen molar-refractivity contribution in [2.45, 2.75) is 20.3 Å². The van der Waals surface area contributed by atoms with Crippen LogP contribution in [0.4, 0.5) is 5.69 Å². The van der Waals surface area contributed by atoms with Crippen LogP contribution in [0.5, 0.6) is 0 Å². The smallest absolute Gasteiger partial charge is 0.255 e. The molecule has 0 bridgehead atoms. The first-order valence-electron chi connectivity index (χ1n) is 9.52. The molecule has 0 saturated carbocycles. The number of hydrogen-bond donors (Lipinski definition) is 1. The number of aryl methyl sites for hydroxylation is 2. The number of anilines is 1. The minimum atomic E-state index is -0.232. The lowest BCUT2D eigenvalue weighted by molar-refractivity contribution is -0.119. The summed E-state index contributed by atoms with van der Waals surface area (Å²) in [7, 11) is 0. The highest BCUT2D eigenvalue weighted by atomic mass is 16.2. The van der Waals surface area contributed by atoms with Crippen molar-refractivity contribution in [1.82, 2.24) is 9.80 Å². The van der Waals surface area contributed by atoms with Crippen LogP contribution in [0.1, 0.15) is 38.8 Å². The maximum Gasteiger partial charge on any atom is 0.255 e. The Bertz CT molecular complexity index is 886. The molecule has 1 fully saturated rings. The molecule has 1 saturated heterocycles. The summed E-state index contributed by atoms with van der Waals surface area (Å²) in [6.07, 6.45) is 1.63. The van der Waals surface area contributed by atoms with Gasteiger partial charge in [0.15, 0.2) is 0 Å². The molecule has 3 amide bonds. The van der Waals surface area contributed by atoms with Crippen molar-refractivity contribution < 1.29 is 14.4 Å². The Labute approximate surface area is 165 Å². The quantitative estimate of drug-likeness (QED) is 0.812. The highest BCUT2D eigenvalue weighted by molar-refractivity contribution is 6.06. The lowest BCUT2D eigenvalue weighted by Crippen LogP contribution is -2.48. The summed E-state index contributed by atoms with van der Waals surface area (Å²) < 4.78 is 0. The first-order chi connectivity index (χ1) is 13.5. The molecule has 3 rings (SSSR count). The number of carbonyl (C=O) groups excluding carboxylic acids is 3. The fourth-order valence-electron chi connectivity index (χ4n) is 3.39. The van der Waals surface area contributed by atoms with E-state index in [1.165, 1.54) is 0 Å². The fraction of sp³-hybridized carbons (Fsp3) is 0.318. The summed E-state index contributed by atoms with van der Waals surface area (Å²) in [5.74, 6) is -0.352. The number of nitrogens with one attached hydrogen (secondary N) is 1. The number of rotatable bonds is 5. The van der Waals surface area contributed by atoms with Crippen molar-refractivity contribution in [3.05, 3.63) is 64.7 Å². The second-order valence-electron chi connectivity index (χ2n) is 6.93. The minimum Gasteiger partial charge on any atom is -0.342 e. The normalized spacial score (nSPS) is 13.9. The molecule has 6 heteroatoms. The van der Waals surface area contributed by atoms with Crippen LogP contribution in [0.3, 0.4) is 0 Å². The van der Waals surface area contributed by atoms with Gasteiger partial charge in [0.2, 0.25) is 6.41 Å². The predicted molar refractivity (Wildman–Crippen MR) is 108 cm³/mol. The van der Waals surface area contributed by atoms with Crippen LogP contribution in [0.15, 0.2) is 42.5 Å². The van der Waals surface area contributed by atoms with Gasteiger partial charge in [-0.25, -0.2) is 0 Å². The van der Waals surface area contributed by atoms with Crippen LogP contribution >= 0.6 is 0 Å². The Morgan fingerprint density at radius 3 is 2.39 bits per heavy atom. The monoisotopic (exact) mass is 379 g/mol. The summed E-state index contributed by atoms with van der Waals surface area (Å²) in [4.78, 5) is 39.7. The molecular formula is C22H25N3O3. The van der Waals surface area contributed by atoms with Gasteiger partial charge in [0.25, 0.3) is 11.8 Å². The van der Waals surface area contributed by atoms with Crippen LogP contribution < -0.4 is 5.32 Å².